The molecule has 1 heterocycles. The molecule has 0 amide bonds. The van der Waals surface area contributed by atoms with Crippen molar-refractivity contribution in [3.63, 3.8) is 0 Å². The largest absolute Gasteiger partial charge is 0.433 e. The second kappa shape index (κ2) is 5.60. The number of pyridine rings is 1. The Morgan fingerprint density at radius 2 is 2.04 bits per heavy atom. The van der Waals surface area contributed by atoms with Gasteiger partial charge < -0.3 is 4.74 Å². The summed E-state index contributed by atoms with van der Waals surface area (Å²) in [5.74, 6) is -1.16. The van der Waals surface area contributed by atoms with E-state index in [9.17, 15) is 23.2 Å². The fourth-order valence-corrected chi connectivity index (χ4v) is 3.17. The molecule has 0 N–H and O–H groups in total. The first kappa shape index (κ1) is 17.4. The SMILES string of the molecule is COC1(c2cccc(C(F)(F)F)n2)CC(C#N)C(=O)C(C)(C)C1. The Labute approximate surface area is 132 Å². The van der Waals surface area contributed by atoms with E-state index >= 15 is 0 Å². The third-order valence-corrected chi connectivity index (χ3v) is 4.30. The van der Waals surface area contributed by atoms with Gasteiger partial charge in [0.05, 0.1) is 11.8 Å². The van der Waals surface area contributed by atoms with Gasteiger partial charge in [-0.2, -0.15) is 18.4 Å². The number of aromatic nitrogens is 1. The topological polar surface area (TPSA) is 63.0 Å². The number of hydrogen-bond acceptors (Lipinski definition) is 4. The monoisotopic (exact) mass is 326 g/mol. The zero-order chi connectivity index (χ0) is 17.5. The van der Waals surface area contributed by atoms with Crippen molar-refractivity contribution in [2.45, 2.75) is 38.5 Å². The Hall–Kier alpha value is -1.94. The molecule has 2 unspecified atom stereocenters. The van der Waals surface area contributed by atoms with Crippen LogP contribution in [-0.2, 0) is 21.3 Å². The standard InChI is InChI=1S/C16H17F3N2O2/c1-14(2)9-15(23-3,7-10(8-20)13(14)22)11-5-4-6-12(21-11)16(17,18)19/h4-6,10H,7,9H2,1-3H3. The summed E-state index contributed by atoms with van der Waals surface area (Å²) in [5.41, 5.74) is -3.01. The number of halogens is 3. The van der Waals surface area contributed by atoms with Crippen LogP contribution in [0.1, 0.15) is 38.1 Å². The van der Waals surface area contributed by atoms with Crippen LogP contribution in [0.3, 0.4) is 0 Å². The number of ether oxygens (including phenoxy) is 1. The van der Waals surface area contributed by atoms with Crippen molar-refractivity contribution in [3.05, 3.63) is 29.6 Å². The van der Waals surface area contributed by atoms with Crippen molar-refractivity contribution < 1.29 is 22.7 Å². The van der Waals surface area contributed by atoms with Gasteiger partial charge in [-0.1, -0.05) is 19.9 Å². The van der Waals surface area contributed by atoms with Crippen molar-refractivity contribution in [2.75, 3.05) is 7.11 Å². The molecule has 1 aliphatic carbocycles. The molecule has 0 bridgehead atoms. The van der Waals surface area contributed by atoms with Crippen LogP contribution in [0.5, 0.6) is 0 Å². The number of carbonyl (C=O) groups is 1. The summed E-state index contributed by atoms with van der Waals surface area (Å²) in [6.45, 7) is 3.33. The van der Waals surface area contributed by atoms with E-state index in [1.54, 1.807) is 13.8 Å². The van der Waals surface area contributed by atoms with Crippen molar-refractivity contribution in [1.29, 1.82) is 5.26 Å². The van der Waals surface area contributed by atoms with Gasteiger partial charge in [-0.15, -0.1) is 0 Å². The molecular formula is C16H17F3N2O2. The van der Waals surface area contributed by atoms with Gasteiger partial charge in [0.15, 0.2) is 5.78 Å². The zero-order valence-electron chi connectivity index (χ0n) is 13.1. The summed E-state index contributed by atoms with van der Waals surface area (Å²) in [5, 5.41) is 9.23. The molecule has 2 rings (SSSR count). The van der Waals surface area contributed by atoms with Gasteiger partial charge >= 0.3 is 6.18 Å². The lowest BCUT2D eigenvalue weighted by Gasteiger charge is -2.44. The van der Waals surface area contributed by atoms with Crippen LogP contribution in [0.4, 0.5) is 13.2 Å². The summed E-state index contributed by atoms with van der Waals surface area (Å²) >= 11 is 0. The molecule has 0 spiro atoms. The Balaban J connectivity index is 2.54. The zero-order valence-corrected chi connectivity index (χ0v) is 13.1. The summed E-state index contributed by atoms with van der Waals surface area (Å²) in [7, 11) is 1.36. The molecule has 0 aliphatic heterocycles. The van der Waals surface area contributed by atoms with Gasteiger partial charge in [0.1, 0.15) is 17.2 Å². The highest BCUT2D eigenvalue weighted by Gasteiger charge is 2.52. The van der Waals surface area contributed by atoms with E-state index in [4.69, 9.17) is 4.74 Å². The Morgan fingerprint density at radius 3 is 2.57 bits per heavy atom. The number of carbonyl (C=O) groups excluding carboxylic acids is 1. The number of methoxy groups -OCH3 is 1. The molecule has 0 aromatic carbocycles. The summed E-state index contributed by atoms with van der Waals surface area (Å²) < 4.78 is 44.2. The number of alkyl halides is 3. The number of Topliss-reactive ketones (excluding diaryl/α,β-unsaturated/α-hetero) is 1. The van der Waals surface area contributed by atoms with E-state index < -0.39 is 28.8 Å². The maximum absolute atomic E-state index is 12.9. The lowest BCUT2D eigenvalue weighted by Crippen LogP contribution is -2.48. The van der Waals surface area contributed by atoms with Crippen LogP contribution in [0, 0.1) is 22.7 Å². The van der Waals surface area contributed by atoms with E-state index in [2.05, 4.69) is 4.98 Å². The van der Waals surface area contributed by atoms with Gasteiger partial charge in [0.2, 0.25) is 0 Å². The average Bonchev–Trinajstić information content (AvgIpc) is 2.49. The first-order valence-electron chi connectivity index (χ1n) is 7.09. The fourth-order valence-electron chi connectivity index (χ4n) is 3.17. The van der Waals surface area contributed by atoms with Crippen molar-refractivity contribution in [2.24, 2.45) is 11.3 Å². The van der Waals surface area contributed by atoms with Crippen LogP contribution < -0.4 is 0 Å². The summed E-state index contributed by atoms with van der Waals surface area (Å²) in [4.78, 5) is 16.0. The number of ketones is 1. The third-order valence-electron chi connectivity index (χ3n) is 4.30. The van der Waals surface area contributed by atoms with E-state index in [1.165, 1.54) is 19.2 Å². The summed E-state index contributed by atoms with van der Waals surface area (Å²) in [6, 6.07) is 5.52. The van der Waals surface area contributed by atoms with Gasteiger partial charge in [-0.05, 0) is 18.6 Å². The molecule has 23 heavy (non-hydrogen) atoms. The molecule has 1 aliphatic rings. The molecular weight excluding hydrogens is 309 g/mol. The number of nitrogens with zero attached hydrogens (tertiary/aromatic N) is 2. The van der Waals surface area contributed by atoms with Crippen LogP contribution in [0.25, 0.3) is 0 Å². The number of hydrogen-bond donors (Lipinski definition) is 0. The van der Waals surface area contributed by atoms with Gasteiger partial charge in [-0.3, -0.25) is 4.79 Å². The van der Waals surface area contributed by atoms with Crippen LogP contribution in [0.15, 0.2) is 18.2 Å². The molecule has 2 atom stereocenters. The van der Waals surface area contributed by atoms with E-state index in [-0.39, 0.29) is 24.3 Å². The minimum absolute atomic E-state index is 0.00340. The lowest BCUT2D eigenvalue weighted by atomic mass is 9.63. The van der Waals surface area contributed by atoms with E-state index in [0.29, 0.717) is 0 Å². The molecule has 1 aromatic rings. The average molecular weight is 326 g/mol. The van der Waals surface area contributed by atoms with Gasteiger partial charge in [0, 0.05) is 18.9 Å². The molecule has 1 aromatic heterocycles. The van der Waals surface area contributed by atoms with Gasteiger partial charge in [-0.25, -0.2) is 4.98 Å². The highest BCUT2D eigenvalue weighted by molar-refractivity contribution is 5.89. The molecule has 0 radical (unpaired) electrons. The second-order valence-corrected chi connectivity index (χ2v) is 6.41. The molecule has 7 heteroatoms. The van der Waals surface area contributed by atoms with Gasteiger partial charge in [0.25, 0.3) is 0 Å². The first-order valence-corrected chi connectivity index (χ1v) is 7.09. The van der Waals surface area contributed by atoms with Crippen molar-refractivity contribution in [3.8, 4) is 6.07 Å². The maximum Gasteiger partial charge on any atom is 0.433 e. The maximum atomic E-state index is 12.9. The number of rotatable bonds is 2. The molecule has 0 saturated heterocycles. The number of nitriles is 1. The Morgan fingerprint density at radius 1 is 1.39 bits per heavy atom. The molecule has 4 nitrogen and oxygen atoms in total. The lowest BCUT2D eigenvalue weighted by molar-refractivity contribution is -0.150. The van der Waals surface area contributed by atoms with Crippen LogP contribution in [-0.4, -0.2) is 17.9 Å². The highest BCUT2D eigenvalue weighted by Crippen LogP contribution is 2.48. The fraction of sp³-hybridized carbons (Fsp3) is 0.562. The van der Waals surface area contributed by atoms with Crippen LogP contribution >= 0.6 is 0 Å². The predicted molar refractivity (Wildman–Crippen MR) is 75.1 cm³/mol. The minimum Gasteiger partial charge on any atom is -0.372 e. The first-order chi connectivity index (χ1) is 10.6. The van der Waals surface area contributed by atoms with E-state index in [0.717, 1.165) is 6.07 Å². The van der Waals surface area contributed by atoms with Crippen molar-refractivity contribution >= 4 is 5.78 Å². The van der Waals surface area contributed by atoms with Crippen molar-refractivity contribution in [1.82, 2.24) is 4.98 Å². The van der Waals surface area contributed by atoms with E-state index in [1.807, 2.05) is 6.07 Å². The molecule has 124 valence electrons. The highest BCUT2D eigenvalue weighted by atomic mass is 19.4. The Bertz CT molecular complexity index is 664. The summed E-state index contributed by atoms with van der Waals surface area (Å²) in [6.07, 6.45) is -4.40. The smallest absolute Gasteiger partial charge is 0.372 e. The molecule has 1 fully saturated rings. The normalized spacial score (nSPS) is 27.5. The molecule has 1 saturated carbocycles. The second-order valence-electron chi connectivity index (χ2n) is 6.41. The quantitative estimate of drug-likeness (QED) is 0.835. The van der Waals surface area contributed by atoms with Crippen LogP contribution in [0.2, 0.25) is 0 Å². The third kappa shape index (κ3) is 3.08. The minimum atomic E-state index is -4.57. The Kier molecular flexibility index (Phi) is 4.24. The predicted octanol–water partition coefficient (Wildman–Crippen LogP) is 3.47.